The molecule has 1 aromatic carbocycles. The lowest BCUT2D eigenvalue weighted by molar-refractivity contribution is -0.384. The van der Waals surface area contributed by atoms with E-state index in [-0.39, 0.29) is 11.4 Å². The molecule has 7 nitrogen and oxygen atoms in total. The molecule has 0 bridgehead atoms. The third kappa shape index (κ3) is 4.00. The van der Waals surface area contributed by atoms with Crippen molar-refractivity contribution in [3.8, 4) is 0 Å². The van der Waals surface area contributed by atoms with Crippen LogP contribution < -0.4 is 10.2 Å². The van der Waals surface area contributed by atoms with Gasteiger partial charge in [-0.25, -0.2) is 4.39 Å². The minimum absolute atomic E-state index is 0.0445. The smallest absolute Gasteiger partial charge is 0.295 e. The first-order valence-corrected chi connectivity index (χ1v) is 6.74. The van der Waals surface area contributed by atoms with Gasteiger partial charge in [0.15, 0.2) is 5.82 Å². The second kappa shape index (κ2) is 6.82. The fraction of sp³-hybridized carbons (Fsp3) is 0.200. The van der Waals surface area contributed by atoms with E-state index in [4.69, 9.17) is 0 Å². The second-order valence-electron chi connectivity index (χ2n) is 4.98. The Morgan fingerprint density at radius 2 is 2.22 bits per heavy atom. The SMILES string of the molecule is CC(=O)Nc1cc(N(C)Cc2cccnc2)c(F)cc1[N+](=O)[O-]. The Kier molecular flexibility index (Phi) is 4.85. The Bertz CT molecular complexity index is 737. The molecule has 1 N–H and O–H groups in total. The predicted molar refractivity (Wildman–Crippen MR) is 83.7 cm³/mol. The number of hydrogen-bond donors (Lipinski definition) is 1. The molecule has 2 rings (SSSR count). The Balaban J connectivity index is 2.37. The zero-order valence-electron chi connectivity index (χ0n) is 12.6. The Labute approximate surface area is 131 Å². The van der Waals surface area contributed by atoms with Crippen LogP contribution in [0, 0.1) is 15.9 Å². The molecule has 0 saturated heterocycles. The van der Waals surface area contributed by atoms with Crippen LogP contribution in [0.4, 0.5) is 21.5 Å². The third-order valence-corrected chi connectivity index (χ3v) is 3.13. The molecule has 0 radical (unpaired) electrons. The van der Waals surface area contributed by atoms with E-state index >= 15 is 0 Å². The van der Waals surface area contributed by atoms with Crippen molar-refractivity contribution in [2.24, 2.45) is 0 Å². The molecule has 2 aromatic rings. The highest BCUT2D eigenvalue weighted by Crippen LogP contribution is 2.32. The molecular weight excluding hydrogens is 303 g/mol. The lowest BCUT2D eigenvalue weighted by atomic mass is 10.2. The van der Waals surface area contributed by atoms with Crippen LogP contribution in [0.25, 0.3) is 0 Å². The van der Waals surface area contributed by atoms with Gasteiger partial charge in [-0.05, 0) is 17.7 Å². The first-order chi connectivity index (χ1) is 10.9. The van der Waals surface area contributed by atoms with E-state index in [1.165, 1.54) is 13.0 Å². The molecule has 0 aliphatic rings. The van der Waals surface area contributed by atoms with Crippen LogP contribution in [0.5, 0.6) is 0 Å². The zero-order valence-corrected chi connectivity index (χ0v) is 12.6. The molecule has 0 saturated carbocycles. The average Bonchev–Trinajstić information content (AvgIpc) is 2.48. The molecule has 1 heterocycles. The standard InChI is InChI=1S/C15H15FN4O3/c1-10(21)18-13-7-14(12(16)6-15(13)20(22)23)19(2)9-11-4-3-5-17-8-11/h3-8H,9H2,1-2H3,(H,18,21). The number of carbonyl (C=O) groups is 1. The third-order valence-electron chi connectivity index (χ3n) is 3.13. The summed E-state index contributed by atoms with van der Waals surface area (Å²) >= 11 is 0. The number of benzene rings is 1. The topological polar surface area (TPSA) is 88.4 Å². The maximum atomic E-state index is 14.2. The van der Waals surface area contributed by atoms with Crippen LogP contribution in [0.15, 0.2) is 36.7 Å². The second-order valence-corrected chi connectivity index (χ2v) is 4.98. The normalized spacial score (nSPS) is 10.2. The lowest BCUT2D eigenvalue weighted by Gasteiger charge is -2.20. The summed E-state index contributed by atoms with van der Waals surface area (Å²) in [4.78, 5) is 27.0. The Hall–Kier alpha value is -3.03. The Morgan fingerprint density at radius 3 is 2.78 bits per heavy atom. The van der Waals surface area contributed by atoms with Gasteiger partial charge in [-0.3, -0.25) is 19.9 Å². The number of anilines is 2. The van der Waals surface area contributed by atoms with Crippen molar-refractivity contribution in [2.75, 3.05) is 17.3 Å². The molecule has 1 amide bonds. The van der Waals surface area contributed by atoms with Crippen LogP contribution in [-0.2, 0) is 11.3 Å². The van der Waals surface area contributed by atoms with Crippen molar-refractivity contribution in [2.45, 2.75) is 13.5 Å². The van der Waals surface area contributed by atoms with Gasteiger partial charge in [-0.1, -0.05) is 6.07 Å². The van der Waals surface area contributed by atoms with E-state index in [0.29, 0.717) is 6.54 Å². The van der Waals surface area contributed by atoms with Gasteiger partial charge in [0.05, 0.1) is 16.7 Å². The first-order valence-electron chi connectivity index (χ1n) is 6.74. The summed E-state index contributed by atoms with van der Waals surface area (Å²) < 4.78 is 14.2. The number of nitro groups is 1. The predicted octanol–water partition coefficient (Wildman–Crippen LogP) is 2.72. The molecule has 120 valence electrons. The summed E-state index contributed by atoms with van der Waals surface area (Å²) in [7, 11) is 1.65. The molecule has 0 atom stereocenters. The molecule has 0 fully saturated rings. The van der Waals surface area contributed by atoms with E-state index in [9.17, 15) is 19.3 Å². The number of hydrogen-bond acceptors (Lipinski definition) is 5. The fourth-order valence-electron chi connectivity index (χ4n) is 2.14. The largest absolute Gasteiger partial charge is 0.368 e. The van der Waals surface area contributed by atoms with Gasteiger partial charge in [0.1, 0.15) is 5.69 Å². The van der Waals surface area contributed by atoms with Crippen LogP contribution >= 0.6 is 0 Å². The maximum Gasteiger partial charge on any atom is 0.295 e. The van der Waals surface area contributed by atoms with E-state index in [2.05, 4.69) is 10.3 Å². The molecule has 1 aromatic heterocycles. The molecule has 0 spiro atoms. The van der Waals surface area contributed by atoms with Crippen LogP contribution in [0.2, 0.25) is 0 Å². The summed E-state index contributed by atoms with van der Waals surface area (Å²) in [6.07, 6.45) is 3.28. The lowest BCUT2D eigenvalue weighted by Crippen LogP contribution is -2.19. The van der Waals surface area contributed by atoms with E-state index < -0.39 is 22.3 Å². The van der Waals surface area contributed by atoms with Crippen molar-refractivity contribution in [3.05, 3.63) is 58.2 Å². The number of nitro benzene ring substituents is 1. The Morgan fingerprint density at radius 1 is 1.48 bits per heavy atom. The summed E-state index contributed by atoms with van der Waals surface area (Å²) in [5, 5.41) is 13.3. The monoisotopic (exact) mass is 318 g/mol. The molecule has 0 unspecified atom stereocenters. The van der Waals surface area contributed by atoms with Gasteiger partial charge in [-0.2, -0.15) is 0 Å². The summed E-state index contributed by atoms with van der Waals surface area (Å²) in [5.41, 5.74) is 0.463. The number of pyridine rings is 1. The van der Waals surface area contributed by atoms with Crippen molar-refractivity contribution in [1.29, 1.82) is 0 Å². The average molecular weight is 318 g/mol. The van der Waals surface area contributed by atoms with Gasteiger partial charge in [0.25, 0.3) is 5.69 Å². The highest BCUT2D eigenvalue weighted by Gasteiger charge is 2.21. The summed E-state index contributed by atoms with van der Waals surface area (Å²) in [6.45, 7) is 1.59. The highest BCUT2D eigenvalue weighted by atomic mass is 19.1. The van der Waals surface area contributed by atoms with E-state index in [0.717, 1.165) is 11.6 Å². The first kappa shape index (κ1) is 16.3. The number of aromatic nitrogens is 1. The molecule has 0 aliphatic carbocycles. The van der Waals surface area contributed by atoms with Gasteiger partial charge < -0.3 is 10.2 Å². The maximum absolute atomic E-state index is 14.2. The van der Waals surface area contributed by atoms with Crippen molar-refractivity contribution in [3.63, 3.8) is 0 Å². The van der Waals surface area contributed by atoms with Gasteiger partial charge in [0, 0.05) is 32.9 Å². The van der Waals surface area contributed by atoms with Gasteiger partial charge in [0.2, 0.25) is 5.91 Å². The van der Waals surface area contributed by atoms with Crippen molar-refractivity contribution in [1.82, 2.24) is 4.98 Å². The van der Waals surface area contributed by atoms with Crippen LogP contribution in [0.1, 0.15) is 12.5 Å². The fourth-order valence-corrected chi connectivity index (χ4v) is 2.14. The molecule has 23 heavy (non-hydrogen) atoms. The van der Waals surface area contributed by atoms with E-state index in [1.54, 1.807) is 30.4 Å². The van der Waals surface area contributed by atoms with Gasteiger partial charge in [-0.15, -0.1) is 0 Å². The summed E-state index contributed by atoms with van der Waals surface area (Å²) in [5.74, 6) is -1.21. The minimum atomic E-state index is -0.739. The van der Waals surface area contributed by atoms with Crippen LogP contribution in [0.3, 0.4) is 0 Å². The number of nitrogens with zero attached hydrogens (tertiary/aromatic N) is 3. The number of nitrogens with one attached hydrogen (secondary N) is 1. The quantitative estimate of drug-likeness (QED) is 0.676. The zero-order chi connectivity index (χ0) is 17.0. The number of rotatable bonds is 5. The molecule has 8 heteroatoms. The minimum Gasteiger partial charge on any atom is -0.368 e. The van der Waals surface area contributed by atoms with E-state index in [1.807, 2.05) is 6.07 Å². The van der Waals surface area contributed by atoms with Crippen molar-refractivity contribution >= 4 is 23.0 Å². The molecule has 0 aliphatic heterocycles. The van der Waals surface area contributed by atoms with Gasteiger partial charge >= 0.3 is 0 Å². The summed E-state index contributed by atoms with van der Waals surface area (Å²) in [6, 6.07) is 5.66. The van der Waals surface area contributed by atoms with Crippen molar-refractivity contribution < 1.29 is 14.1 Å². The number of halogens is 1. The number of carbonyl (C=O) groups excluding carboxylic acids is 1. The highest BCUT2D eigenvalue weighted by molar-refractivity contribution is 5.92. The molecular formula is C15H15FN4O3. The van der Waals surface area contributed by atoms with Crippen LogP contribution in [-0.4, -0.2) is 22.9 Å². The number of amides is 1.